The monoisotopic (exact) mass is 534 g/mol. The van der Waals surface area contributed by atoms with E-state index >= 15 is 0 Å². The molecule has 7 nitrogen and oxygen atoms in total. The van der Waals surface area contributed by atoms with Gasteiger partial charge >= 0.3 is 5.97 Å². The van der Waals surface area contributed by atoms with E-state index < -0.39 is 17.6 Å². The Morgan fingerprint density at radius 2 is 1.51 bits per heavy atom. The van der Waals surface area contributed by atoms with Crippen LogP contribution in [0.15, 0.2) is 54.6 Å². The molecule has 1 spiro atoms. The van der Waals surface area contributed by atoms with E-state index in [4.69, 9.17) is 4.74 Å². The number of likely N-dealkylation sites (tertiary alicyclic amines) is 1. The van der Waals surface area contributed by atoms with Gasteiger partial charge in [0.05, 0.1) is 11.5 Å². The van der Waals surface area contributed by atoms with E-state index in [1.165, 1.54) is 16.7 Å². The van der Waals surface area contributed by atoms with Gasteiger partial charge < -0.3 is 19.8 Å². The number of fused-ring (bicyclic) bond motifs is 1. The molecule has 0 bridgehead atoms. The SMILES string of the molecule is O=C(C1Cc2ccccc2C1)N1CCCCC2(CCN(Cc3ccccc3)CC2)C(=O)OC[C@@H](O)[C@@H](O)CC1. The average molecular weight is 535 g/mol. The number of benzene rings is 2. The van der Waals surface area contributed by atoms with Crippen LogP contribution in [0.5, 0.6) is 0 Å². The van der Waals surface area contributed by atoms with Crippen LogP contribution in [-0.4, -0.2) is 76.9 Å². The van der Waals surface area contributed by atoms with Crippen molar-refractivity contribution in [2.45, 2.75) is 70.1 Å². The number of rotatable bonds is 3. The van der Waals surface area contributed by atoms with Crippen molar-refractivity contribution in [3.63, 3.8) is 0 Å². The van der Waals surface area contributed by atoms with Crippen molar-refractivity contribution in [2.75, 3.05) is 32.8 Å². The molecule has 39 heavy (non-hydrogen) atoms. The smallest absolute Gasteiger partial charge is 0.312 e. The molecule has 7 heteroatoms. The van der Waals surface area contributed by atoms with Gasteiger partial charge in [0, 0.05) is 25.6 Å². The number of hydrogen-bond acceptors (Lipinski definition) is 6. The third-order valence-corrected chi connectivity index (χ3v) is 9.06. The van der Waals surface area contributed by atoms with Gasteiger partial charge in [-0.05, 0) is 74.7 Å². The van der Waals surface area contributed by atoms with Crippen LogP contribution in [0.3, 0.4) is 0 Å². The van der Waals surface area contributed by atoms with Gasteiger partial charge in [-0.2, -0.15) is 0 Å². The summed E-state index contributed by atoms with van der Waals surface area (Å²) in [5.41, 5.74) is 3.16. The van der Waals surface area contributed by atoms with E-state index in [9.17, 15) is 19.8 Å². The van der Waals surface area contributed by atoms with Gasteiger partial charge in [0.1, 0.15) is 12.7 Å². The lowest BCUT2D eigenvalue weighted by Crippen LogP contribution is -2.45. The zero-order chi connectivity index (χ0) is 27.2. The molecule has 1 amide bonds. The maximum Gasteiger partial charge on any atom is 0.312 e. The summed E-state index contributed by atoms with van der Waals surface area (Å²) in [5, 5.41) is 21.2. The lowest BCUT2D eigenvalue weighted by molar-refractivity contribution is -0.165. The summed E-state index contributed by atoms with van der Waals surface area (Å²) in [5.74, 6) is -0.214. The summed E-state index contributed by atoms with van der Waals surface area (Å²) in [7, 11) is 0. The van der Waals surface area contributed by atoms with Gasteiger partial charge in [0.25, 0.3) is 0 Å². The van der Waals surface area contributed by atoms with Crippen molar-refractivity contribution < 1.29 is 24.5 Å². The first-order chi connectivity index (χ1) is 18.9. The summed E-state index contributed by atoms with van der Waals surface area (Å²) in [6.07, 6.45) is 3.28. The van der Waals surface area contributed by atoms with Crippen LogP contribution in [0, 0.1) is 11.3 Å². The van der Waals surface area contributed by atoms with Crippen LogP contribution in [0.4, 0.5) is 0 Å². The molecule has 2 aliphatic heterocycles. The number of aliphatic hydroxyl groups is 2. The number of ether oxygens (including phenoxy) is 1. The number of piperidine rings is 1. The maximum atomic E-state index is 13.6. The van der Waals surface area contributed by atoms with Crippen molar-refractivity contribution in [3.05, 3.63) is 71.3 Å². The number of nitrogens with zero attached hydrogens (tertiary/aromatic N) is 2. The van der Waals surface area contributed by atoms with Gasteiger partial charge in [-0.15, -0.1) is 0 Å². The third kappa shape index (κ3) is 6.71. The molecule has 3 aliphatic rings. The quantitative estimate of drug-likeness (QED) is 0.587. The molecule has 5 rings (SSSR count). The lowest BCUT2D eigenvalue weighted by Gasteiger charge is -2.40. The number of hydrogen-bond donors (Lipinski definition) is 2. The summed E-state index contributed by atoms with van der Waals surface area (Å²) in [4.78, 5) is 31.2. The molecular weight excluding hydrogens is 492 g/mol. The van der Waals surface area contributed by atoms with E-state index in [0.717, 1.165) is 45.3 Å². The van der Waals surface area contributed by atoms with E-state index in [1.807, 2.05) is 35.2 Å². The Morgan fingerprint density at radius 3 is 2.21 bits per heavy atom. The second-order valence-corrected chi connectivity index (χ2v) is 11.7. The summed E-state index contributed by atoms with van der Waals surface area (Å²) in [6.45, 7) is 3.24. The zero-order valence-corrected chi connectivity index (χ0v) is 22.8. The molecule has 0 radical (unpaired) electrons. The fourth-order valence-electron chi connectivity index (χ4n) is 6.53. The minimum absolute atomic E-state index is 0.0784. The Bertz CT molecular complexity index is 1090. The van der Waals surface area contributed by atoms with Gasteiger partial charge in [0.15, 0.2) is 0 Å². The first-order valence-electron chi connectivity index (χ1n) is 14.6. The Kier molecular flexibility index (Phi) is 9.00. The van der Waals surface area contributed by atoms with Crippen LogP contribution < -0.4 is 0 Å². The molecule has 0 saturated carbocycles. The molecule has 0 unspecified atom stereocenters. The second kappa shape index (κ2) is 12.6. The molecular formula is C32H42N2O5. The molecule has 2 N–H and O–H groups in total. The van der Waals surface area contributed by atoms with Gasteiger partial charge in [0.2, 0.25) is 5.91 Å². The molecule has 210 valence electrons. The minimum atomic E-state index is -1.17. The van der Waals surface area contributed by atoms with Crippen LogP contribution in [0.25, 0.3) is 0 Å². The number of carbonyl (C=O) groups excluding carboxylic acids is 2. The van der Waals surface area contributed by atoms with Crippen LogP contribution >= 0.6 is 0 Å². The van der Waals surface area contributed by atoms with Gasteiger partial charge in [-0.25, -0.2) is 0 Å². The van der Waals surface area contributed by atoms with Gasteiger partial charge in [-0.3, -0.25) is 14.5 Å². The van der Waals surface area contributed by atoms with Gasteiger partial charge in [-0.1, -0.05) is 61.0 Å². The maximum absolute atomic E-state index is 13.6. The molecule has 2 atom stereocenters. The zero-order valence-electron chi connectivity index (χ0n) is 22.8. The first-order valence-corrected chi connectivity index (χ1v) is 14.6. The number of amides is 1. The van der Waals surface area contributed by atoms with Crippen molar-refractivity contribution >= 4 is 11.9 Å². The predicted octanol–water partition coefficient (Wildman–Crippen LogP) is 3.35. The molecule has 2 saturated heterocycles. The highest BCUT2D eigenvalue weighted by Gasteiger charge is 2.43. The standard InChI is InChI=1S/C32H42N2O5/c35-28-12-17-34(30(37)27-20-25-10-4-5-11-26(25)21-27)16-7-6-13-32(31(38)39-23-29(28)36)14-18-33(19-15-32)22-24-8-2-1-3-9-24/h1-5,8-11,27-29,35-36H,6-7,12-23H2/t28-,29+/m0/s1. The Balaban J connectivity index is 1.23. The van der Waals surface area contributed by atoms with Crippen LogP contribution in [0.1, 0.15) is 55.2 Å². The van der Waals surface area contributed by atoms with E-state index in [1.54, 1.807) is 0 Å². The fraction of sp³-hybridized carbons (Fsp3) is 0.562. The summed E-state index contributed by atoms with van der Waals surface area (Å²) < 4.78 is 5.63. The molecule has 2 heterocycles. The van der Waals surface area contributed by atoms with Crippen molar-refractivity contribution in [3.8, 4) is 0 Å². The Labute approximate surface area is 231 Å². The highest BCUT2D eigenvalue weighted by Crippen LogP contribution is 2.39. The molecule has 2 fully saturated rings. The number of esters is 1. The first kappa shape index (κ1) is 27.8. The highest BCUT2D eigenvalue weighted by atomic mass is 16.5. The average Bonchev–Trinajstić information content (AvgIpc) is 3.40. The lowest BCUT2D eigenvalue weighted by atomic mass is 9.74. The fourth-order valence-corrected chi connectivity index (χ4v) is 6.53. The summed E-state index contributed by atoms with van der Waals surface area (Å²) in [6, 6.07) is 18.6. The Morgan fingerprint density at radius 1 is 0.846 bits per heavy atom. The molecule has 2 aromatic carbocycles. The van der Waals surface area contributed by atoms with Crippen molar-refractivity contribution in [1.82, 2.24) is 9.80 Å². The minimum Gasteiger partial charge on any atom is -0.462 e. The van der Waals surface area contributed by atoms with E-state index in [-0.39, 0.29) is 30.8 Å². The molecule has 0 aromatic heterocycles. The number of aliphatic hydroxyl groups excluding tert-OH is 2. The van der Waals surface area contributed by atoms with E-state index in [2.05, 4.69) is 29.2 Å². The number of cyclic esters (lactones) is 1. The normalized spacial score (nSPS) is 25.3. The summed E-state index contributed by atoms with van der Waals surface area (Å²) >= 11 is 0. The molecule has 2 aromatic rings. The van der Waals surface area contributed by atoms with Crippen molar-refractivity contribution in [1.29, 1.82) is 0 Å². The van der Waals surface area contributed by atoms with Crippen molar-refractivity contribution in [2.24, 2.45) is 11.3 Å². The predicted molar refractivity (Wildman–Crippen MR) is 149 cm³/mol. The number of carbonyl (C=O) groups is 2. The molecule has 1 aliphatic carbocycles. The third-order valence-electron chi connectivity index (χ3n) is 9.06. The second-order valence-electron chi connectivity index (χ2n) is 11.7. The largest absolute Gasteiger partial charge is 0.462 e. The highest BCUT2D eigenvalue weighted by molar-refractivity contribution is 5.80. The van der Waals surface area contributed by atoms with E-state index in [0.29, 0.717) is 32.4 Å². The van der Waals surface area contributed by atoms with Crippen LogP contribution in [0.2, 0.25) is 0 Å². The Hall–Kier alpha value is -2.74. The topological polar surface area (TPSA) is 90.3 Å². The van der Waals surface area contributed by atoms with Crippen LogP contribution in [-0.2, 0) is 33.7 Å².